The van der Waals surface area contributed by atoms with Crippen molar-refractivity contribution in [2.45, 2.75) is 76.9 Å². The Morgan fingerprint density at radius 1 is 0.969 bits per heavy atom. The minimum absolute atomic E-state index is 0.0269. The van der Waals surface area contributed by atoms with E-state index < -0.39 is 5.60 Å². The molecule has 1 saturated heterocycles. The number of amides is 1. The lowest BCUT2D eigenvalue weighted by atomic mass is 9.77. The van der Waals surface area contributed by atoms with E-state index in [1.165, 1.54) is 36.8 Å². The molecule has 1 unspecified atom stereocenters. The predicted octanol–water partition coefficient (Wildman–Crippen LogP) is 6.59. The van der Waals surface area contributed by atoms with Crippen LogP contribution >= 0.6 is 0 Å². The third-order valence-corrected chi connectivity index (χ3v) is 6.64. The molecule has 32 heavy (non-hydrogen) atoms. The monoisotopic (exact) mass is 435 g/mol. The van der Waals surface area contributed by atoms with Crippen molar-refractivity contribution in [3.63, 3.8) is 0 Å². The minimum atomic E-state index is -0.468. The summed E-state index contributed by atoms with van der Waals surface area (Å²) < 4.78 is 11.7. The molecule has 2 aliphatic rings. The van der Waals surface area contributed by atoms with Crippen LogP contribution in [0.2, 0.25) is 0 Å². The van der Waals surface area contributed by atoms with Crippen molar-refractivity contribution in [3.05, 3.63) is 65.7 Å². The molecule has 4 nitrogen and oxygen atoms in total. The Hall–Kier alpha value is -2.49. The lowest BCUT2D eigenvalue weighted by molar-refractivity contribution is 0.0275. The van der Waals surface area contributed by atoms with E-state index in [4.69, 9.17) is 9.47 Å². The van der Waals surface area contributed by atoms with Gasteiger partial charge in [0.05, 0.1) is 6.54 Å². The molecule has 172 valence electrons. The van der Waals surface area contributed by atoms with Gasteiger partial charge in [-0.25, -0.2) is 4.79 Å². The summed E-state index contributed by atoms with van der Waals surface area (Å²) in [5.41, 5.74) is 2.39. The molecule has 4 rings (SSSR count). The smallest absolute Gasteiger partial charge is 0.410 e. The van der Waals surface area contributed by atoms with Crippen molar-refractivity contribution < 1.29 is 14.3 Å². The van der Waals surface area contributed by atoms with Crippen LogP contribution in [0, 0.1) is 5.92 Å². The van der Waals surface area contributed by atoms with Gasteiger partial charge in [0.1, 0.15) is 17.5 Å². The fraction of sp³-hybridized carbons (Fsp3) is 0.536. The molecule has 0 radical (unpaired) electrons. The SMILES string of the molecule is CC(C)(C)OC(=O)N1CCC(Oc2cccc(CC3CCC(c4ccccc4)CC3)c2)C1. The maximum Gasteiger partial charge on any atom is 0.410 e. The molecule has 0 bridgehead atoms. The first-order chi connectivity index (χ1) is 15.4. The number of ether oxygens (including phenoxy) is 2. The van der Waals surface area contributed by atoms with E-state index in [-0.39, 0.29) is 12.2 Å². The average molecular weight is 436 g/mol. The standard InChI is InChI=1S/C28H37NO3/c1-28(2,3)32-27(30)29-17-16-26(20-29)31-25-11-7-8-22(19-25)18-21-12-14-24(15-13-21)23-9-5-4-6-10-23/h4-11,19,21,24,26H,12-18,20H2,1-3H3. The second-order valence-corrected chi connectivity index (χ2v) is 10.4. The highest BCUT2D eigenvalue weighted by Gasteiger charge is 2.31. The van der Waals surface area contributed by atoms with E-state index in [0.717, 1.165) is 30.4 Å². The highest BCUT2D eigenvalue weighted by atomic mass is 16.6. The lowest BCUT2D eigenvalue weighted by Gasteiger charge is -2.29. The van der Waals surface area contributed by atoms with Gasteiger partial charge in [0.2, 0.25) is 0 Å². The van der Waals surface area contributed by atoms with Gasteiger partial charge in [-0.3, -0.25) is 0 Å². The van der Waals surface area contributed by atoms with Gasteiger partial charge in [-0.05, 0) is 88.0 Å². The van der Waals surface area contributed by atoms with Crippen LogP contribution in [0.4, 0.5) is 4.79 Å². The number of carbonyl (C=O) groups excluding carboxylic acids is 1. The Bertz CT molecular complexity index is 881. The zero-order valence-corrected chi connectivity index (χ0v) is 19.8. The minimum Gasteiger partial charge on any atom is -0.489 e. The van der Waals surface area contributed by atoms with Crippen LogP contribution in [0.25, 0.3) is 0 Å². The van der Waals surface area contributed by atoms with E-state index in [1.54, 1.807) is 4.90 Å². The Morgan fingerprint density at radius 2 is 1.72 bits per heavy atom. The molecule has 2 aromatic rings. The number of hydrogen-bond donors (Lipinski definition) is 0. The molecule has 1 heterocycles. The van der Waals surface area contributed by atoms with Crippen LogP contribution in [-0.2, 0) is 11.2 Å². The fourth-order valence-corrected chi connectivity index (χ4v) is 5.01. The largest absolute Gasteiger partial charge is 0.489 e. The number of hydrogen-bond acceptors (Lipinski definition) is 3. The van der Waals surface area contributed by atoms with E-state index >= 15 is 0 Å². The van der Waals surface area contributed by atoms with Crippen molar-refractivity contribution in [1.29, 1.82) is 0 Å². The second-order valence-electron chi connectivity index (χ2n) is 10.4. The van der Waals surface area contributed by atoms with E-state index in [9.17, 15) is 4.79 Å². The number of rotatable bonds is 5. The van der Waals surface area contributed by atoms with Crippen LogP contribution in [-0.4, -0.2) is 35.8 Å². The van der Waals surface area contributed by atoms with Gasteiger partial charge in [0.25, 0.3) is 0 Å². The van der Waals surface area contributed by atoms with Gasteiger partial charge in [0, 0.05) is 13.0 Å². The van der Waals surface area contributed by atoms with E-state index in [0.29, 0.717) is 13.1 Å². The van der Waals surface area contributed by atoms with Crippen molar-refractivity contribution in [2.75, 3.05) is 13.1 Å². The molecular formula is C28H37NO3. The Balaban J connectivity index is 1.26. The first-order valence-electron chi connectivity index (χ1n) is 12.1. The molecule has 0 N–H and O–H groups in total. The van der Waals surface area contributed by atoms with Crippen LogP contribution in [0.1, 0.15) is 69.9 Å². The summed E-state index contributed by atoms with van der Waals surface area (Å²) in [6, 6.07) is 19.5. The Morgan fingerprint density at radius 3 is 2.44 bits per heavy atom. The van der Waals surface area contributed by atoms with Gasteiger partial charge in [-0.15, -0.1) is 0 Å². The highest BCUT2D eigenvalue weighted by molar-refractivity contribution is 5.68. The molecule has 1 amide bonds. The Kier molecular flexibility index (Phi) is 7.07. The Labute approximate surface area is 192 Å². The third kappa shape index (κ3) is 6.27. The predicted molar refractivity (Wildman–Crippen MR) is 128 cm³/mol. The molecule has 1 saturated carbocycles. The van der Waals surface area contributed by atoms with Gasteiger partial charge >= 0.3 is 6.09 Å². The van der Waals surface area contributed by atoms with Crippen LogP contribution in [0.3, 0.4) is 0 Å². The van der Waals surface area contributed by atoms with Crippen molar-refractivity contribution >= 4 is 6.09 Å². The summed E-state index contributed by atoms with van der Waals surface area (Å²) in [5.74, 6) is 2.38. The topological polar surface area (TPSA) is 38.8 Å². The second kappa shape index (κ2) is 9.97. The van der Waals surface area contributed by atoms with Gasteiger partial charge in [-0.1, -0.05) is 42.5 Å². The lowest BCUT2D eigenvalue weighted by Crippen LogP contribution is -2.36. The summed E-state index contributed by atoms with van der Waals surface area (Å²) in [4.78, 5) is 14.1. The summed E-state index contributed by atoms with van der Waals surface area (Å²) in [6.45, 7) is 6.96. The molecule has 1 aliphatic heterocycles. The maximum atomic E-state index is 12.3. The third-order valence-electron chi connectivity index (χ3n) is 6.64. The van der Waals surface area contributed by atoms with Crippen LogP contribution in [0.15, 0.2) is 54.6 Å². The zero-order valence-electron chi connectivity index (χ0n) is 19.8. The molecule has 1 aliphatic carbocycles. The molecule has 2 fully saturated rings. The molecule has 2 aromatic carbocycles. The van der Waals surface area contributed by atoms with Crippen molar-refractivity contribution in [1.82, 2.24) is 4.90 Å². The number of carbonyl (C=O) groups is 1. The normalized spacial score (nSPS) is 23.7. The number of nitrogens with zero attached hydrogens (tertiary/aromatic N) is 1. The quantitative estimate of drug-likeness (QED) is 0.532. The summed E-state index contributed by atoms with van der Waals surface area (Å²) in [7, 11) is 0. The number of likely N-dealkylation sites (tertiary alicyclic amines) is 1. The first kappa shape index (κ1) is 22.7. The molecule has 0 spiro atoms. The van der Waals surface area contributed by atoms with Gasteiger partial charge in [0.15, 0.2) is 0 Å². The molecular weight excluding hydrogens is 398 g/mol. The fourth-order valence-electron chi connectivity index (χ4n) is 5.01. The summed E-state index contributed by atoms with van der Waals surface area (Å²) >= 11 is 0. The first-order valence-corrected chi connectivity index (χ1v) is 12.1. The maximum absolute atomic E-state index is 12.3. The van der Waals surface area contributed by atoms with Gasteiger partial charge < -0.3 is 14.4 Å². The summed E-state index contributed by atoms with van der Waals surface area (Å²) in [6.07, 6.45) is 6.89. The van der Waals surface area contributed by atoms with E-state index in [2.05, 4.69) is 48.5 Å². The summed E-state index contributed by atoms with van der Waals surface area (Å²) in [5, 5.41) is 0. The van der Waals surface area contributed by atoms with Crippen molar-refractivity contribution in [3.8, 4) is 5.75 Å². The molecule has 0 aromatic heterocycles. The van der Waals surface area contributed by atoms with Crippen molar-refractivity contribution in [2.24, 2.45) is 5.92 Å². The number of benzene rings is 2. The van der Waals surface area contributed by atoms with Crippen LogP contribution in [0.5, 0.6) is 5.75 Å². The highest BCUT2D eigenvalue weighted by Crippen LogP contribution is 2.37. The van der Waals surface area contributed by atoms with E-state index in [1.807, 2.05) is 26.8 Å². The average Bonchev–Trinajstić information content (AvgIpc) is 3.23. The van der Waals surface area contributed by atoms with Crippen LogP contribution < -0.4 is 4.74 Å². The molecule has 4 heteroatoms. The molecule has 1 atom stereocenters. The van der Waals surface area contributed by atoms with Gasteiger partial charge in [-0.2, -0.15) is 0 Å². The zero-order chi connectivity index (χ0) is 22.6.